The number of hydrogen-bond acceptors (Lipinski definition) is 6. The number of fused-ring (bicyclic) bond motifs is 1. The van der Waals surface area contributed by atoms with Crippen molar-refractivity contribution in [3.05, 3.63) is 42.1 Å². The number of rotatable bonds is 3. The van der Waals surface area contributed by atoms with Crippen LogP contribution >= 0.6 is 0 Å². The highest BCUT2D eigenvalue weighted by atomic mass is 16.1. The molecule has 4 heterocycles. The van der Waals surface area contributed by atoms with Gasteiger partial charge < -0.3 is 15.2 Å². The van der Waals surface area contributed by atoms with E-state index in [1.807, 2.05) is 13.0 Å². The van der Waals surface area contributed by atoms with Gasteiger partial charge in [0.15, 0.2) is 5.65 Å². The van der Waals surface area contributed by atoms with Gasteiger partial charge in [0.05, 0.1) is 6.20 Å². The van der Waals surface area contributed by atoms with Gasteiger partial charge in [-0.05, 0) is 31.4 Å². The van der Waals surface area contributed by atoms with Crippen LogP contribution in [0.1, 0.15) is 28.9 Å². The van der Waals surface area contributed by atoms with E-state index < -0.39 is 0 Å². The summed E-state index contributed by atoms with van der Waals surface area (Å²) in [6.45, 7) is 3.59. The van der Waals surface area contributed by atoms with Crippen LogP contribution in [0.2, 0.25) is 0 Å². The second-order valence-corrected chi connectivity index (χ2v) is 6.27. The number of carbonyl (C=O) groups is 1. The molecule has 0 saturated carbocycles. The Balaban J connectivity index is 1.36. The third-order valence-corrected chi connectivity index (χ3v) is 4.42. The fourth-order valence-corrected chi connectivity index (χ4v) is 3.00. The Hall–Kier alpha value is -3.03. The Morgan fingerprint density at radius 3 is 2.80 bits per heavy atom. The average molecular weight is 337 g/mol. The number of aryl methyl sites for hydroxylation is 1. The first-order chi connectivity index (χ1) is 12.2. The number of piperidine rings is 1. The highest BCUT2D eigenvalue weighted by Gasteiger charge is 2.23. The lowest BCUT2D eigenvalue weighted by molar-refractivity contribution is 0.0926. The van der Waals surface area contributed by atoms with Gasteiger partial charge in [0.25, 0.3) is 5.91 Å². The van der Waals surface area contributed by atoms with Gasteiger partial charge in [-0.2, -0.15) is 0 Å². The van der Waals surface area contributed by atoms with Gasteiger partial charge >= 0.3 is 0 Å². The number of imidazole rings is 1. The van der Waals surface area contributed by atoms with E-state index >= 15 is 0 Å². The molecule has 3 aromatic heterocycles. The number of H-pyrrole nitrogens is 1. The van der Waals surface area contributed by atoms with Crippen molar-refractivity contribution in [2.45, 2.75) is 25.8 Å². The van der Waals surface area contributed by atoms with E-state index in [9.17, 15) is 4.79 Å². The van der Waals surface area contributed by atoms with Crippen molar-refractivity contribution >= 4 is 23.0 Å². The molecule has 8 heteroatoms. The SMILES string of the molecule is Cc1ccc(C(=O)NC2CCN(c3nc4cncnc4[nH]3)CC2)nc1. The van der Waals surface area contributed by atoms with Gasteiger partial charge in [-0.1, -0.05) is 6.07 Å². The summed E-state index contributed by atoms with van der Waals surface area (Å²) in [5, 5.41) is 3.07. The zero-order valence-electron chi connectivity index (χ0n) is 13.9. The van der Waals surface area contributed by atoms with Gasteiger partial charge in [0, 0.05) is 25.3 Å². The first kappa shape index (κ1) is 15.5. The van der Waals surface area contributed by atoms with E-state index in [4.69, 9.17) is 0 Å². The first-order valence-corrected chi connectivity index (χ1v) is 8.33. The number of aromatic nitrogens is 5. The normalized spacial score (nSPS) is 15.5. The predicted molar refractivity (Wildman–Crippen MR) is 93.4 cm³/mol. The Morgan fingerprint density at radius 2 is 2.08 bits per heavy atom. The van der Waals surface area contributed by atoms with Crippen molar-refractivity contribution < 1.29 is 4.79 Å². The number of anilines is 1. The molecule has 1 aliphatic heterocycles. The summed E-state index contributed by atoms with van der Waals surface area (Å²) in [5.41, 5.74) is 3.01. The topological polar surface area (TPSA) is 99.7 Å². The predicted octanol–water partition coefficient (Wildman–Crippen LogP) is 1.46. The minimum atomic E-state index is -0.113. The summed E-state index contributed by atoms with van der Waals surface area (Å²) in [6, 6.07) is 3.81. The second-order valence-electron chi connectivity index (χ2n) is 6.27. The number of nitrogens with zero attached hydrogens (tertiary/aromatic N) is 5. The first-order valence-electron chi connectivity index (χ1n) is 8.33. The molecule has 1 aliphatic rings. The van der Waals surface area contributed by atoms with Crippen LogP contribution in [0.4, 0.5) is 5.95 Å². The minimum Gasteiger partial charge on any atom is -0.348 e. The molecule has 0 spiro atoms. The summed E-state index contributed by atoms with van der Waals surface area (Å²) in [7, 11) is 0. The largest absolute Gasteiger partial charge is 0.348 e. The maximum Gasteiger partial charge on any atom is 0.270 e. The number of amides is 1. The van der Waals surface area contributed by atoms with Crippen LogP contribution in [0.5, 0.6) is 0 Å². The van der Waals surface area contributed by atoms with Crippen LogP contribution in [0.15, 0.2) is 30.9 Å². The van der Waals surface area contributed by atoms with Crippen molar-refractivity contribution in [3.63, 3.8) is 0 Å². The molecule has 0 aromatic carbocycles. The number of nitrogens with one attached hydrogen (secondary N) is 2. The lowest BCUT2D eigenvalue weighted by atomic mass is 10.1. The molecule has 4 rings (SSSR count). The Kier molecular flexibility index (Phi) is 4.01. The zero-order chi connectivity index (χ0) is 17.2. The van der Waals surface area contributed by atoms with Crippen molar-refractivity contribution in [3.8, 4) is 0 Å². The van der Waals surface area contributed by atoms with Crippen molar-refractivity contribution in [2.75, 3.05) is 18.0 Å². The monoisotopic (exact) mass is 337 g/mol. The summed E-state index contributed by atoms with van der Waals surface area (Å²) in [5.74, 6) is 0.693. The number of hydrogen-bond donors (Lipinski definition) is 2. The molecule has 0 atom stereocenters. The lowest BCUT2D eigenvalue weighted by Crippen LogP contribution is -2.45. The second kappa shape index (κ2) is 6.46. The highest BCUT2D eigenvalue weighted by Crippen LogP contribution is 2.19. The molecule has 1 amide bonds. The number of carbonyl (C=O) groups excluding carboxylic acids is 1. The molecule has 25 heavy (non-hydrogen) atoms. The summed E-state index contributed by atoms with van der Waals surface area (Å²) in [6.07, 6.45) is 6.64. The molecular weight excluding hydrogens is 318 g/mol. The van der Waals surface area contributed by atoms with E-state index in [2.05, 4.69) is 35.1 Å². The van der Waals surface area contributed by atoms with Crippen LogP contribution in [-0.2, 0) is 0 Å². The molecule has 1 fully saturated rings. The van der Waals surface area contributed by atoms with Crippen molar-refractivity contribution in [1.82, 2.24) is 30.2 Å². The molecule has 8 nitrogen and oxygen atoms in total. The third-order valence-electron chi connectivity index (χ3n) is 4.42. The quantitative estimate of drug-likeness (QED) is 0.750. The van der Waals surface area contributed by atoms with E-state index in [1.165, 1.54) is 6.33 Å². The maximum atomic E-state index is 12.3. The molecule has 3 aromatic rings. The van der Waals surface area contributed by atoms with E-state index in [1.54, 1.807) is 18.5 Å². The van der Waals surface area contributed by atoms with Crippen molar-refractivity contribution in [2.24, 2.45) is 0 Å². The van der Waals surface area contributed by atoms with E-state index in [-0.39, 0.29) is 11.9 Å². The van der Waals surface area contributed by atoms with Crippen LogP contribution in [0.3, 0.4) is 0 Å². The minimum absolute atomic E-state index is 0.113. The molecular formula is C17H19N7O. The van der Waals surface area contributed by atoms with E-state index in [0.29, 0.717) is 5.69 Å². The Morgan fingerprint density at radius 1 is 1.24 bits per heavy atom. The zero-order valence-corrected chi connectivity index (χ0v) is 13.9. The standard InChI is InChI=1S/C17H19N7O/c1-11-2-3-13(19-8-11)16(25)21-12-4-6-24(7-5-12)17-22-14-9-18-10-20-15(14)23-17/h2-3,8-10,12H,4-7H2,1H3,(H,21,25)(H,18,20,22,23). The van der Waals surface area contributed by atoms with Crippen LogP contribution in [0, 0.1) is 6.92 Å². The van der Waals surface area contributed by atoms with Gasteiger partial charge in [0.2, 0.25) is 5.95 Å². The van der Waals surface area contributed by atoms with Gasteiger partial charge in [0.1, 0.15) is 17.5 Å². The average Bonchev–Trinajstić information content (AvgIpc) is 3.07. The molecule has 128 valence electrons. The number of pyridine rings is 1. The van der Waals surface area contributed by atoms with Crippen molar-refractivity contribution in [1.29, 1.82) is 0 Å². The molecule has 0 radical (unpaired) electrons. The number of aromatic amines is 1. The molecule has 0 bridgehead atoms. The van der Waals surface area contributed by atoms with Crippen LogP contribution in [-0.4, -0.2) is 50.0 Å². The summed E-state index contributed by atoms with van der Waals surface area (Å²) >= 11 is 0. The third kappa shape index (κ3) is 3.28. The Bertz CT molecular complexity index is 848. The van der Waals surface area contributed by atoms with Gasteiger partial charge in [-0.25, -0.2) is 15.0 Å². The molecule has 0 unspecified atom stereocenters. The molecule has 1 saturated heterocycles. The molecule has 2 N–H and O–H groups in total. The summed E-state index contributed by atoms with van der Waals surface area (Å²) < 4.78 is 0. The smallest absolute Gasteiger partial charge is 0.270 e. The molecule has 0 aliphatic carbocycles. The highest BCUT2D eigenvalue weighted by molar-refractivity contribution is 5.92. The van der Waals surface area contributed by atoms with Crippen LogP contribution in [0.25, 0.3) is 11.2 Å². The fourth-order valence-electron chi connectivity index (χ4n) is 3.00. The Labute approximate surface area is 144 Å². The van der Waals surface area contributed by atoms with Crippen LogP contribution < -0.4 is 10.2 Å². The maximum absolute atomic E-state index is 12.3. The fraction of sp³-hybridized carbons (Fsp3) is 0.353. The lowest BCUT2D eigenvalue weighted by Gasteiger charge is -2.32. The van der Waals surface area contributed by atoms with Gasteiger partial charge in [-0.15, -0.1) is 0 Å². The van der Waals surface area contributed by atoms with E-state index in [0.717, 1.165) is 48.6 Å². The van der Waals surface area contributed by atoms with Gasteiger partial charge in [-0.3, -0.25) is 9.78 Å². The summed E-state index contributed by atoms with van der Waals surface area (Å²) in [4.78, 5) is 34.5.